The SMILES string of the molecule is CCCC1=C(C(=O)OCC)[C@@H](c2cccc(OC)c2)n2c(s/c(=C\c3ccc(OCc4ccc(Br)cc4)cc3)c2=O)=N1. The number of fused-ring (bicyclic) bond motifs is 1. The Morgan fingerprint density at radius 3 is 2.50 bits per heavy atom. The molecule has 0 saturated carbocycles. The van der Waals surface area contributed by atoms with Gasteiger partial charge in [-0.1, -0.05) is 77.0 Å². The predicted molar refractivity (Wildman–Crippen MR) is 168 cm³/mol. The Kier molecular flexibility index (Phi) is 9.39. The minimum Gasteiger partial charge on any atom is -0.497 e. The lowest BCUT2D eigenvalue weighted by molar-refractivity contribution is -0.139. The van der Waals surface area contributed by atoms with E-state index in [0.29, 0.717) is 39.4 Å². The van der Waals surface area contributed by atoms with Crippen LogP contribution in [0.25, 0.3) is 6.08 Å². The topological polar surface area (TPSA) is 79.1 Å². The summed E-state index contributed by atoms with van der Waals surface area (Å²) in [5.41, 5.74) is 3.48. The van der Waals surface area contributed by atoms with Crippen LogP contribution in [0.15, 0.2) is 98.3 Å². The van der Waals surface area contributed by atoms with Gasteiger partial charge in [0.15, 0.2) is 4.80 Å². The van der Waals surface area contributed by atoms with Crippen molar-refractivity contribution in [3.8, 4) is 11.5 Å². The van der Waals surface area contributed by atoms with Crippen LogP contribution in [0.5, 0.6) is 11.5 Å². The molecule has 0 aliphatic carbocycles. The second-order valence-electron chi connectivity index (χ2n) is 9.67. The Balaban J connectivity index is 1.54. The minimum atomic E-state index is -0.687. The third-order valence-electron chi connectivity index (χ3n) is 6.80. The number of hydrogen-bond acceptors (Lipinski definition) is 7. The lowest BCUT2D eigenvalue weighted by Crippen LogP contribution is -2.40. The summed E-state index contributed by atoms with van der Waals surface area (Å²) in [4.78, 5) is 32.6. The number of rotatable bonds is 10. The maximum absolute atomic E-state index is 13.9. The molecule has 0 amide bonds. The summed E-state index contributed by atoms with van der Waals surface area (Å²) in [6.07, 6.45) is 3.22. The molecule has 0 saturated heterocycles. The molecule has 1 aliphatic rings. The van der Waals surface area contributed by atoms with Gasteiger partial charge in [-0.3, -0.25) is 9.36 Å². The van der Waals surface area contributed by atoms with Crippen molar-refractivity contribution in [1.29, 1.82) is 0 Å². The van der Waals surface area contributed by atoms with Crippen molar-refractivity contribution in [3.63, 3.8) is 0 Å². The van der Waals surface area contributed by atoms with Gasteiger partial charge >= 0.3 is 5.97 Å². The highest BCUT2D eigenvalue weighted by atomic mass is 79.9. The number of halogens is 1. The second-order valence-corrected chi connectivity index (χ2v) is 11.6. The number of allylic oxidation sites excluding steroid dienone is 1. The maximum Gasteiger partial charge on any atom is 0.338 e. The summed E-state index contributed by atoms with van der Waals surface area (Å²) in [7, 11) is 1.59. The van der Waals surface area contributed by atoms with Gasteiger partial charge in [0, 0.05) is 4.47 Å². The maximum atomic E-state index is 13.9. The number of carbonyl (C=O) groups is 1. The zero-order valence-electron chi connectivity index (χ0n) is 23.6. The van der Waals surface area contributed by atoms with Crippen molar-refractivity contribution in [2.75, 3.05) is 13.7 Å². The summed E-state index contributed by atoms with van der Waals surface area (Å²) in [6, 6.07) is 22.3. The Morgan fingerprint density at radius 1 is 1.05 bits per heavy atom. The zero-order chi connectivity index (χ0) is 29.6. The van der Waals surface area contributed by atoms with Crippen LogP contribution in [0.4, 0.5) is 0 Å². The van der Waals surface area contributed by atoms with Crippen molar-refractivity contribution >= 4 is 39.3 Å². The van der Waals surface area contributed by atoms with Gasteiger partial charge in [-0.15, -0.1) is 0 Å². The molecule has 0 unspecified atom stereocenters. The van der Waals surface area contributed by atoms with Crippen molar-refractivity contribution in [1.82, 2.24) is 4.57 Å². The number of hydrogen-bond donors (Lipinski definition) is 0. The standard InChI is InChI=1S/C33H31BrN2O5S/c1-4-7-27-29(32(38)40-5-2)30(23-8-6-9-26(19-23)39-3)36-31(37)28(42-33(36)35-27)18-21-12-16-25(17-13-21)41-20-22-10-14-24(34)15-11-22/h6,8-19,30H,4-5,7,20H2,1-3H3/b28-18-/t30-/m1/s1. The first-order valence-electron chi connectivity index (χ1n) is 13.7. The molecular formula is C33H31BrN2O5S. The van der Waals surface area contributed by atoms with Gasteiger partial charge in [-0.2, -0.15) is 0 Å². The Morgan fingerprint density at radius 2 is 1.81 bits per heavy atom. The monoisotopic (exact) mass is 646 g/mol. The lowest BCUT2D eigenvalue weighted by Gasteiger charge is -2.26. The first-order chi connectivity index (χ1) is 20.4. The Hall–Kier alpha value is -3.95. The molecule has 42 heavy (non-hydrogen) atoms. The summed E-state index contributed by atoms with van der Waals surface area (Å²) in [5, 5.41) is 0. The molecule has 1 aromatic heterocycles. The van der Waals surface area contributed by atoms with E-state index in [0.717, 1.165) is 33.3 Å². The van der Waals surface area contributed by atoms with Gasteiger partial charge in [-0.05, 0) is 72.5 Å². The van der Waals surface area contributed by atoms with E-state index in [2.05, 4.69) is 15.9 Å². The molecule has 0 N–H and O–H groups in total. The summed E-state index contributed by atoms with van der Waals surface area (Å²) >= 11 is 4.76. The zero-order valence-corrected chi connectivity index (χ0v) is 26.0. The van der Waals surface area contributed by atoms with E-state index in [9.17, 15) is 9.59 Å². The summed E-state index contributed by atoms with van der Waals surface area (Å²) < 4.78 is 20.0. The van der Waals surface area contributed by atoms with Gasteiger partial charge in [-0.25, -0.2) is 9.79 Å². The predicted octanol–water partition coefficient (Wildman–Crippen LogP) is 5.93. The van der Waals surface area contributed by atoms with Gasteiger partial charge in [0.05, 0.1) is 35.6 Å². The normalized spacial score (nSPS) is 14.8. The van der Waals surface area contributed by atoms with Crippen molar-refractivity contribution in [2.24, 2.45) is 4.99 Å². The highest BCUT2D eigenvalue weighted by Gasteiger charge is 2.34. The van der Waals surface area contributed by atoms with Gasteiger partial charge in [0.25, 0.3) is 5.56 Å². The smallest absolute Gasteiger partial charge is 0.338 e. The number of benzene rings is 3. The van der Waals surface area contributed by atoms with Gasteiger partial charge < -0.3 is 14.2 Å². The highest BCUT2D eigenvalue weighted by Crippen LogP contribution is 2.34. The number of carbonyl (C=O) groups excluding carboxylic acids is 1. The molecule has 0 fully saturated rings. The van der Waals surface area contributed by atoms with Crippen molar-refractivity contribution in [3.05, 3.63) is 125 Å². The Bertz CT molecular complexity index is 1790. The molecule has 5 rings (SSSR count). The van der Waals surface area contributed by atoms with Crippen LogP contribution < -0.4 is 24.4 Å². The average Bonchev–Trinajstić information content (AvgIpc) is 3.31. The molecule has 0 radical (unpaired) electrons. The number of methoxy groups -OCH3 is 1. The molecule has 216 valence electrons. The van der Waals surface area contributed by atoms with E-state index in [1.54, 1.807) is 18.6 Å². The quantitative estimate of drug-likeness (QED) is 0.200. The number of nitrogens with zero attached hydrogens (tertiary/aromatic N) is 2. The van der Waals surface area contributed by atoms with E-state index < -0.39 is 12.0 Å². The fourth-order valence-corrected chi connectivity index (χ4v) is 6.09. The first kappa shape index (κ1) is 29.5. The average molecular weight is 648 g/mol. The van der Waals surface area contributed by atoms with Crippen LogP contribution in [0.1, 0.15) is 49.4 Å². The minimum absolute atomic E-state index is 0.222. The Labute approximate surface area is 256 Å². The van der Waals surface area contributed by atoms with Crippen molar-refractivity contribution in [2.45, 2.75) is 39.3 Å². The first-order valence-corrected chi connectivity index (χ1v) is 15.4. The van der Waals surface area contributed by atoms with E-state index in [1.807, 2.05) is 85.8 Å². The van der Waals surface area contributed by atoms with Crippen LogP contribution in [-0.4, -0.2) is 24.3 Å². The molecule has 4 aromatic rings. The van der Waals surface area contributed by atoms with Crippen LogP contribution in [0, 0.1) is 0 Å². The molecule has 9 heteroatoms. The number of thiazole rings is 1. The highest BCUT2D eigenvalue weighted by molar-refractivity contribution is 9.10. The molecule has 0 bridgehead atoms. The number of esters is 1. The van der Waals surface area contributed by atoms with E-state index in [1.165, 1.54) is 11.3 Å². The molecule has 1 atom stereocenters. The molecule has 1 aliphatic heterocycles. The lowest BCUT2D eigenvalue weighted by atomic mass is 9.94. The summed E-state index contributed by atoms with van der Waals surface area (Å²) in [6.45, 7) is 4.48. The molecule has 3 aromatic carbocycles. The second kappa shape index (κ2) is 13.4. The van der Waals surface area contributed by atoms with E-state index in [4.69, 9.17) is 19.2 Å². The fraction of sp³-hybridized carbons (Fsp3) is 0.242. The number of aromatic nitrogens is 1. The largest absolute Gasteiger partial charge is 0.497 e. The summed E-state index contributed by atoms with van der Waals surface area (Å²) in [5.74, 6) is 0.901. The molecule has 0 spiro atoms. The van der Waals surface area contributed by atoms with Gasteiger partial charge in [0.2, 0.25) is 0 Å². The van der Waals surface area contributed by atoms with Crippen LogP contribution in [0.3, 0.4) is 0 Å². The molecule has 2 heterocycles. The van der Waals surface area contributed by atoms with Crippen LogP contribution >= 0.6 is 27.3 Å². The number of ether oxygens (including phenoxy) is 3. The third kappa shape index (κ3) is 6.42. The van der Waals surface area contributed by atoms with Gasteiger partial charge in [0.1, 0.15) is 18.1 Å². The fourth-order valence-electron chi connectivity index (χ4n) is 4.81. The van der Waals surface area contributed by atoms with Crippen LogP contribution in [0.2, 0.25) is 0 Å². The van der Waals surface area contributed by atoms with E-state index >= 15 is 0 Å². The third-order valence-corrected chi connectivity index (χ3v) is 8.31. The molecular weight excluding hydrogens is 616 g/mol. The van der Waals surface area contributed by atoms with Crippen LogP contribution in [-0.2, 0) is 16.1 Å². The van der Waals surface area contributed by atoms with E-state index in [-0.39, 0.29) is 12.2 Å². The van der Waals surface area contributed by atoms with Crippen molar-refractivity contribution < 1.29 is 19.0 Å². The molecule has 7 nitrogen and oxygen atoms in total.